The summed E-state index contributed by atoms with van der Waals surface area (Å²) in [5, 5.41) is 18.3. The van der Waals surface area contributed by atoms with Crippen molar-refractivity contribution >= 4 is 29.8 Å². The number of nitrogens with one attached hydrogen (secondary N) is 2. The summed E-state index contributed by atoms with van der Waals surface area (Å²) in [6.45, 7) is 1.12. The van der Waals surface area contributed by atoms with Gasteiger partial charge in [-0.3, -0.25) is 0 Å². The molecule has 0 aliphatic rings. The van der Waals surface area contributed by atoms with Crippen LogP contribution in [0.5, 0.6) is 0 Å². The summed E-state index contributed by atoms with van der Waals surface area (Å²) >= 11 is 1.77. The monoisotopic (exact) mass is 373 g/mol. The smallest absolute Gasteiger partial charge is 0.407 e. The summed E-state index contributed by atoms with van der Waals surface area (Å²) in [5.41, 5.74) is 1.06. The van der Waals surface area contributed by atoms with Crippen molar-refractivity contribution in [2.75, 3.05) is 25.2 Å². The Morgan fingerprint density at radius 1 is 1.28 bits per heavy atom. The molecule has 0 unspecified atom stereocenters. The number of ether oxygens (including phenoxy) is 1. The molecular formula is C15H23N3O6S. The number of aromatic amines is 1. The molecule has 1 rings (SSSR count). The standard InChI is InChI=1S/C11H19N3O2S.C4H4O4/c1-17-7-3-5-13-11(15)16-6-2-4-10-8-12-9-14-10;5-3(6)1-2-4(7)8/h8-9H,2-7H2,1H3,(H,12,14)(H,13,15);1-2H,(H,5,6)(H,7,8)/b;2-1+. The highest BCUT2D eigenvalue weighted by Crippen LogP contribution is 1.97. The molecule has 1 amide bonds. The molecule has 0 fully saturated rings. The van der Waals surface area contributed by atoms with Gasteiger partial charge in [0.15, 0.2) is 0 Å². The zero-order valence-corrected chi connectivity index (χ0v) is 14.8. The topological polar surface area (TPSA) is 142 Å². The van der Waals surface area contributed by atoms with E-state index in [1.54, 1.807) is 24.3 Å². The van der Waals surface area contributed by atoms with Gasteiger partial charge in [0.1, 0.15) is 0 Å². The van der Waals surface area contributed by atoms with E-state index in [0.717, 1.165) is 30.7 Å². The number of imidazole rings is 1. The first kappa shape index (κ1) is 22.5. The zero-order valence-electron chi connectivity index (χ0n) is 13.9. The largest absolute Gasteiger partial charge is 0.478 e. The molecule has 0 saturated carbocycles. The van der Waals surface area contributed by atoms with E-state index in [4.69, 9.17) is 14.9 Å². The minimum Gasteiger partial charge on any atom is -0.478 e. The van der Waals surface area contributed by atoms with Crippen LogP contribution < -0.4 is 5.32 Å². The van der Waals surface area contributed by atoms with Gasteiger partial charge in [0.25, 0.3) is 0 Å². The van der Waals surface area contributed by atoms with Crippen molar-refractivity contribution in [2.24, 2.45) is 0 Å². The Balaban J connectivity index is 0.000000609. The second-order valence-corrected chi connectivity index (χ2v) is 5.58. The lowest BCUT2D eigenvalue weighted by Crippen LogP contribution is -2.26. The van der Waals surface area contributed by atoms with Gasteiger partial charge in [0, 0.05) is 30.6 Å². The third-order valence-corrected chi connectivity index (χ3v) is 3.24. The quantitative estimate of drug-likeness (QED) is 0.357. The van der Waals surface area contributed by atoms with Crippen molar-refractivity contribution in [2.45, 2.75) is 19.3 Å². The molecular weight excluding hydrogens is 350 g/mol. The number of aryl methyl sites for hydroxylation is 1. The van der Waals surface area contributed by atoms with Crippen molar-refractivity contribution in [3.05, 3.63) is 30.4 Å². The molecule has 25 heavy (non-hydrogen) atoms. The number of amides is 1. The van der Waals surface area contributed by atoms with Crippen LogP contribution in [0, 0.1) is 0 Å². The number of hydrogen-bond acceptors (Lipinski definition) is 6. The van der Waals surface area contributed by atoms with Crippen LogP contribution in [0.3, 0.4) is 0 Å². The lowest BCUT2D eigenvalue weighted by molar-refractivity contribution is -0.134. The van der Waals surface area contributed by atoms with E-state index in [9.17, 15) is 14.4 Å². The maximum absolute atomic E-state index is 11.2. The third-order valence-electron chi connectivity index (χ3n) is 2.54. The van der Waals surface area contributed by atoms with Crippen molar-refractivity contribution < 1.29 is 29.3 Å². The molecule has 9 nitrogen and oxygen atoms in total. The molecule has 0 bridgehead atoms. The zero-order chi connectivity index (χ0) is 18.9. The number of hydrogen-bond donors (Lipinski definition) is 4. The average Bonchev–Trinajstić information content (AvgIpc) is 3.08. The fourth-order valence-electron chi connectivity index (χ4n) is 1.45. The van der Waals surface area contributed by atoms with E-state index < -0.39 is 11.9 Å². The van der Waals surface area contributed by atoms with Gasteiger partial charge in [-0.1, -0.05) is 0 Å². The van der Waals surface area contributed by atoms with E-state index >= 15 is 0 Å². The molecule has 0 atom stereocenters. The van der Waals surface area contributed by atoms with Crippen LogP contribution in [0.15, 0.2) is 24.7 Å². The number of carboxylic acid groups (broad SMARTS) is 2. The number of alkyl carbamates (subject to hydrolysis) is 1. The number of nitrogens with zero attached hydrogens (tertiary/aromatic N) is 1. The number of rotatable bonds is 10. The van der Waals surface area contributed by atoms with Gasteiger partial charge >= 0.3 is 18.0 Å². The molecule has 0 spiro atoms. The fraction of sp³-hybridized carbons (Fsp3) is 0.467. The molecule has 1 heterocycles. The minimum absolute atomic E-state index is 0.323. The van der Waals surface area contributed by atoms with Crippen LogP contribution in [0.1, 0.15) is 18.5 Å². The van der Waals surface area contributed by atoms with Gasteiger partial charge in [0.05, 0.1) is 12.9 Å². The van der Waals surface area contributed by atoms with Crippen LogP contribution >= 0.6 is 11.8 Å². The molecule has 0 aliphatic carbocycles. The highest BCUT2D eigenvalue weighted by atomic mass is 32.2. The summed E-state index contributed by atoms with van der Waals surface area (Å²) in [4.78, 5) is 37.2. The Bertz CT molecular complexity index is 517. The maximum atomic E-state index is 11.2. The van der Waals surface area contributed by atoms with Crippen molar-refractivity contribution in [1.29, 1.82) is 0 Å². The molecule has 1 aromatic heterocycles. The van der Waals surface area contributed by atoms with Crippen LogP contribution in [-0.4, -0.2) is 63.4 Å². The van der Waals surface area contributed by atoms with Crippen molar-refractivity contribution in [1.82, 2.24) is 15.3 Å². The van der Waals surface area contributed by atoms with Gasteiger partial charge in [-0.05, 0) is 31.3 Å². The first-order valence-corrected chi connectivity index (χ1v) is 8.85. The van der Waals surface area contributed by atoms with Gasteiger partial charge < -0.3 is 25.3 Å². The number of carbonyl (C=O) groups excluding carboxylic acids is 1. The highest BCUT2D eigenvalue weighted by molar-refractivity contribution is 7.98. The van der Waals surface area contributed by atoms with Crippen LogP contribution in [0.2, 0.25) is 0 Å². The molecule has 0 radical (unpaired) electrons. The predicted molar refractivity (Wildman–Crippen MR) is 93.7 cm³/mol. The number of aromatic nitrogens is 2. The molecule has 0 aliphatic heterocycles. The Labute approximate surface area is 149 Å². The molecule has 0 aromatic carbocycles. The van der Waals surface area contributed by atoms with Gasteiger partial charge in [-0.25, -0.2) is 19.4 Å². The SMILES string of the molecule is CSCCCNC(=O)OCCCc1cnc[nH]1.O=C(O)/C=C/C(=O)O. The average molecular weight is 373 g/mol. The number of thioether (sulfide) groups is 1. The van der Waals surface area contributed by atoms with E-state index in [2.05, 4.69) is 15.3 Å². The summed E-state index contributed by atoms with van der Waals surface area (Å²) in [6.07, 6.45) is 8.90. The molecule has 140 valence electrons. The Morgan fingerprint density at radius 2 is 1.96 bits per heavy atom. The Kier molecular flexibility index (Phi) is 13.6. The number of aliphatic carboxylic acids is 2. The predicted octanol–water partition coefficient (Wildman–Crippen LogP) is 1.53. The van der Waals surface area contributed by atoms with Crippen LogP contribution in [0.4, 0.5) is 4.79 Å². The lowest BCUT2D eigenvalue weighted by atomic mass is 10.3. The van der Waals surface area contributed by atoms with E-state index in [1.165, 1.54) is 0 Å². The van der Waals surface area contributed by atoms with Crippen molar-refractivity contribution in [3.63, 3.8) is 0 Å². The normalized spacial score (nSPS) is 9.96. The molecule has 10 heteroatoms. The van der Waals surface area contributed by atoms with Gasteiger partial charge in [0.2, 0.25) is 0 Å². The summed E-state index contributed by atoms with van der Waals surface area (Å²) < 4.78 is 5.03. The molecule has 1 aromatic rings. The summed E-state index contributed by atoms with van der Waals surface area (Å²) in [5.74, 6) is -1.46. The van der Waals surface area contributed by atoms with E-state index in [0.29, 0.717) is 25.3 Å². The summed E-state index contributed by atoms with van der Waals surface area (Å²) in [7, 11) is 0. The van der Waals surface area contributed by atoms with Gasteiger partial charge in [-0.2, -0.15) is 11.8 Å². The first-order chi connectivity index (χ1) is 12.0. The second-order valence-electron chi connectivity index (χ2n) is 4.60. The fourth-order valence-corrected chi connectivity index (χ4v) is 1.88. The number of H-pyrrole nitrogens is 1. The number of carboxylic acids is 2. The van der Waals surface area contributed by atoms with Crippen LogP contribution in [0.25, 0.3) is 0 Å². The highest BCUT2D eigenvalue weighted by Gasteiger charge is 2.01. The van der Waals surface area contributed by atoms with E-state index in [1.807, 2.05) is 6.26 Å². The number of carbonyl (C=O) groups is 3. The Hall–Kier alpha value is -2.49. The van der Waals surface area contributed by atoms with E-state index in [-0.39, 0.29) is 6.09 Å². The Morgan fingerprint density at radius 3 is 2.48 bits per heavy atom. The lowest BCUT2D eigenvalue weighted by Gasteiger charge is -2.06. The second kappa shape index (κ2) is 15.1. The van der Waals surface area contributed by atoms with Gasteiger partial charge in [-0.15, -0.1) is 0 Å². The minimum atomic E-state index is -1.26. The van der Waals surface area contributed by atoms with Crippen LogP contribution in [-0.2, 0) is 20.7 Å². The molecule has 4 N–H and O–H groups in total. The third kappa shape index (κ3) is 16.2. The molecule has 0 saturated heterocycles. The summed E-state index contributed by atoms with van der Waals surface area (Å²) in [6, 6.07) is 0. The first-order valence-electron chi connectivity index (χ1n) is 7.46. The maximum Gasteiger partial charge on any atom is 0.407 e. The van der Waals surface area contributed by atoms with Crippen molar-refractivity contribution in [3.8, 4) is 0 Å².